The predicted octanol–water partition coefficient (Wildman–Crippen LogP) is 6.50. The maximum absolute atomic E-state index is 6.09. The number of hydrogen-bond donors (Lipinski definition) is 0. The average Bonchev–Trinajstić information content (AvgIpc) is 3.53. The van der Waals surface area contributed by atoms with Crippen LogP contribution in [0, 0.1) is 6.92 Å². The number of aromatic nitrogens is 4. The molecular weight excluding hydrogens is 444 g/mol. The zero-order valence-corrected chi connectivity index (χ0v) is 18.8. The third-order valence-corrected chi connectivity index (χ3v) is 6.17. The van der Waals surface area contributed by atoms with Gasteiger partial charge < -0.3 is 8.83 Å². The molecule has 0 atom stereocenters. The van der Waals surface area contributed by atoms with E-state index < -0.39 is 0 Å². The molecule has 0 bridgehead atoms. The number of oxazole rings is 1. The Morgan fingerprint density at radius 1 is 1.03 bits per heavy atom. The number of furan rings is 1. The standard InChI is InChI=1S/C24H19ClN4O2S/c1-16-20(10-11-30-16)23-27-28-24(29(23)14-17-6-3-2-4-7-17)32-15-22-26-13-21(31-22)18-8-5-9-19(25)12-18/h2-13H,14-15H2,1H3. The monoisotopic (exact) mass is 462 g/mol. The fraction of sp³-hybridized carbons (Fsp3) is 0.125. The first-order valence-corrected chi connectivity index (χ1v) is 11.4. The van der Waals surface area contributed by atoms with Crippen LogP contribution in [-0.2, 0) is 12.3 Å². The summed E-state index contributed by atoms with van der Waals surface area (Å²) in [5.74, 6) is 3.40. The second-order valence-corrected chi connectivity index (χ2v) is 8.56. The molecular formula is C24H19ClN4O2S. The Morgan fingerprint density at radius 2 is 1.91 bits per heavy atom. The van der Waals surface area contributed by atoms with Crippen molar-refractivity contribution in [2.45, 2.75) is 24.4 Å². The second kappa shape index (κ2) is 9.06. The van der Waals surface area contributed by atoms with Gasteiger partial charge in [-0.25, -0.2) is 4.98 Å². The van der Waals surface area contributed by atoms with Crippen molar-refractivity contribution in [2.24, 2.45) is 0 Å². The molecule has 3 heterocycles. The van der Waals surface area contributed by atoms with E-state index in [1.54, 1.807) is 12.5 Å². The van der Waals surface area contributed by atoms with Crippen LogP contribution in [-0.4, -0.2) is 19.7 Å². The first kappa shape index (κ1) is 20.6. The molecule has 0 saturated heterocycles. The van der Waals surface area contributed by atoms with E-state index >= 15 is 0 Å². The van der Waals surface area contributed by atoms with Crippen molar-refractivity contribution in [1.82, 2.24) is 19.7 Å². The molecule has 32 heavy (non-hydrogen) atoms. The largest absolute Gasteiger partial charge is 0.469 e. The Balaban J connectivity index is 1.40. The van der Waals surface area contributed by atoms with Crippen molar-refractivity contribution in [2.75, 3.05) is 0 Å². The van der Waals surface area contributed by atoms with Crippen LogP contribution in [0.5, 0.6) is 0 Å². The summed E-state index contributed by atoms with van der Waals surface area (Å²) in [6, 6.07) is 19.7. The average molecular weight is 463 g/mol. The lowest BCUT2D eigenvalue weighted by atomic mass is 10.2. The quantitative estimate of drug-likeness (QED) is 0.257. The van der Waals surface area contributed by atoms with E-state index in [1.165, 1.54) is 11.8 Å². The fourth-order valence-electron chi connectivity index (χ4n) is 3.40. The van der Waals surface area contributed by atoms with E-state index in [0.717, 1.165) is 33.4 Å². The van der Waals surface area contributed by atoms with Crippen molar-refractivity contribution in [3.63, 3.8) is 0 Å². The van der Waals surface area contributed by atoms with Gasteiger partial charge in [-0.2, -0.15) is 0 Å². The highest BCUT2D eigenvalue weighted by Gasteiger charge is 2.19. The number of nitrogens with zero attached hydrogens (tertiary/aromatic N) is 4. The lowest BCUT2D eigenvalue weighted by Gasteiger charge is -2.09. The van der Waals surface area contributed by atoms with Gasteiger partial charge in [0.2, 0.25) is 5.89 Å². The topological polar surface area (TPSA) is 69.9 Å². The van der Waals surface area contributed by atoms with Gasteiger partial charge in [-0.3, -0.25) is 4.57 Å². The van der Waals surface area contributed by atoms with Gasteiger partial charge in [0.25, 0.3) is 0 Å². The van der Waals surface area contributed by atoms with Crippen LogP contribution in [0.1, 0.15) is 17.2 Å². The van der Waals surface area contributed by atoms with Gasteiger partial charge >= 0.3 is 0 Å². The van der Waals surface area contributed by atoms with E-state index in [0.29, 0.717) is 29.0 Å². The molecule has 0 fully saturated rings. The molecule has 0 aliphatic rings. The Morgan fingerprint density at radius 3 is 2.69 bits per heavy atom. The van der Waals surface area contributed by atoms with Gasteiger partial charge in [0, 0.05) is 10.6 Å². The first-order valence-electron chi connectivity index (χ1n) is 10.0. The van der Waals surface area contributed by atoms with Crippen molar-refractivity contribution in [1.29, 1.82) is 0 Å². The minimum absolute atomic E-state index is 0.526. The zero-order chi connectivity index (χ0) is 21.9. The van der Waals surface area contributed by atoms with Gasteiger partial charge in [0.05, 0.1) is 30.3 Å². The summed E-state index contributed by atoms with van der Waals surface area (Å²) in [5, 5.41) is 10.3. The summed E-state index contributed by atoms with van der Waals surface area (Å²) in [7, 11) is 0. The number of thioether (sulfide) groups is 1. The van der Waals surface area contributed by atoms with Crippen molar-refractivity contribution < 1.29 is 8.83 Å². The molecule has 0 radical (unpaired) electrons. The minimum atomic E-state index is 0.526. The number of aryl methyl sites for hydroxylation is 1. The number of halogens is 1. The molecule has 5 aromatic rings. The Labute approximate surface area is 194 Å². The lowest BCUT2D eigenvalue weighted by molar-refractivity contribution is 0.529. The predicted molar refractivity (Wildman–Crippen MR) is 125 cm³/mol. The smallest absolute Gasteiger partial charge is 0.205 e. The molecule has 3 aromatic heterocycles. The summed E-state index contributed by atoms with van der Waals surface area (Å²) in [6.45, 7) is 2.57. The van der Waals surface area contributed by atoms with Crippen LogP contribution in [0.25, 0.3) is 22.7 Å². The first-order chi connectivity index (χ1) is 15.7. The van der Waals surface area contributed by atoms with E-state index in [2.05, 4.69) is 31.9 Å². The zero-order valence-electron chi connectivity index (χ0n) is 17.2. The molecule has 0 unspecified atom stereocenters. The normalized spacial score (nSPS) is 11.2. The van der Waals surface area contributed by atoms with Gasteiger partial charge in [-0.1, -0.05) is 65.8 Å². The van der Waals surface area contributed by atoms with E-state index in [9.17, 15) is 0 Å². The van der Waals surface area contributed by atoms with Crippen LogP contribution < -0.4 is 0 Å². The molecule has 0 aliphatic heterocycles. The third-order valence-electron chi connectivity index (χ3n) is 4.99. The molecule has 2 aromatic carbocycles. The minimum Gasteiger partial charge on any atom is -0.469 e. The Bertz CT molecular complexity index is 1340. The second-order valence-electron chi connectivity index (χ2n) is 7.19. The molecule has 6 nitrogen and oxygen atoms in total. The maximum atomic E-state index is 6.09. The van der Waals surface area contributed by atoms with E-state index in [4.69, 9.17) is 20.4 Å². The Hall–Kier alpha value is -3.29. The molecule has 8 heteroatoms. The molecule has 0 aliphatic carbocycles. The highest BCUT2D eigenvalue weighted by molar-refractivity contribution is 7.98. The third kappa shape index (κ3) is 4.35. The molecule has 0 amide bonds. The van der Waals surface area contributed by atoms with Crippen molar-refractivity contribution in [3.8, 4) is 22.7 Å². The van der Waals surface area contributed by atoms with Gasteiger partial charge in [0.1, 0.15) is 5.76 Å². The number of hydrogen-bond acceptors (Lipinski definition) is 6. The molecule has 0 N–H and O–H groups in total. The Kier molecular flexibility index (Phi) is 5.83. The lowest BCUT2D eigenvalue weighted by Crippen LogP contribution is -2.04. The summed E-state index contributed by atoms with van der Waals surface area (Å²) < 4.78 is 13.5. The maximum Gasteiger partial charge on any atom is 0.205 e. The fourth-order valence-corrected chi connectivity index (χ4v) is 4.38. The van der Waals surface area contributed by atoms with Crippen LogP contribution in [0.4, 0.5) is 0 Å². The van der Waals surface area contributed by atoms with Crippen LogP contribution >= 0.6 is 23.4 Å². The van der Waals surface area contributed by atoms with Crippen molar-refractivity contribution >= 4 is 23.4 Å². The summed E-state index contributed by atoms with van der Waals surface area (Å²) >= 11 is 7.62. The van der Waals surface area contributed by atoms with Crippen LogP contribution in [0.15, 0.2) is 87.1 Å². The van der Waals surface area contributed by atoms with E-state index in [-0.39, 0.29) is 0 Å². The van der Waals surface area contributed by atoms with Crippen LogP contribution in [0.3, 0.4) is 0 Å². The molecule has 5 rings (SSSR count). The summed E-state index contributed by atoms with van der Waals surface area (Å²) in [6.07, 6.45) is 3.39. The number of rotatable bonds is 7. The van der Waals surface area contributed by atoms with Gasteiger partial charge in [0.15, 0.2) is 16.7 Å². The summed E-state index contributed by atoms with van der Waals surface area (Å²) in [4.78, 5) is 4.42. The van der Waals surface area contributed by atoms with Gasteiger partial charge in [-0.15, -0.1) is 10.2 Å². The number of benzene rings is 2. The van der Waals surface area contributed by atoms with Crippen molar-refractivity contribution in [3.05, 3.63) is 95.4 Å². The highest BCUT2D eigenvalue weighted by Crippen LogP contribution is 2.30. The molecule has 0 saturated carbocycles. The van der Waals surface area contributed by atoms with Gasteiger partial charge in [-0.05, 0) is 30.7 Å². The van der Waals surface area contributed by atoms with Crippen LogP contribution in [0.2, 0.25) is 5.02 Å². The highest BCUT2D eigenvalue weighted by atomic mass is 35.5. The SMILES string of the molecule is Cc1occc1-c1nnc(SCc2ncc(-c3cccc(Cl)c3)o2)n1Cc1ccccc1. The molecule has 160 valence electrons. The van der Waals surface area contributed by atoms with E-state index in [1.807, 2.05) is 55.5 Å². The molecule has 0 spiro atoms. The summed E-state index contributed by atoms with van der Waals surface area (Å²) in [5.41, 5.74) is 2.99.